The summed E-state index contributed by atoms with van der Waals surface area (Å²) in [5.74, 6) is -3.09. The largest absolute Gasteiger partial charge is 0.466 e. The van der Waals surface area contributed by atoms with Gasteiger partial charge in [0, 0.05) is 143 Å². The Labute approximate surface area is 820 Å². The van der Waals surface area contributed by atoms with Gasteiger partial charge < -0.3 is 26.5 Å². The molecule has 24 heteroatoms. The fraction of sp³-hybridized carbons (Fsp3) is 0.100. The molecule has 0 atom stereocenters. The van der Waals surface area contributed by atoms with Gasteiger partial charge in [-0.15, -0.1) is 0 Å². The van der Waals surface area contributed by atoms with Crippen molar-refractivity contribution < 1.29 is 80.2 Å². The summed E-state index contributed by atoms with van der Waals surface area (Å²) in [6.07, 6.45) is 11.8. The second-order valence-electron chi connectivity index (χ2n) is 35.0. The molecule has 0 bridgehead atoms. The predicted octanol–water partition coefficient (Wildman–Crippen LogP) is 29.1. The molecule has 0 saturated carbocycles. The number of benzene rings is 12. The van der Waals surface area contributed by atoms with Crippen LogP contribution in [0.1, 0.15) is 44.5 Å². The number of rotatable bonds is 6. The van der Waals surface area contributed by atoms with Crippen LogP contribution in [0.4, 0.5) is 49.1 Å². The van der Waals surface area contributed by atoms with Crippen LogP contribution in [0.5, 0.6) is 0 Å². The van der Waals surface area contributed by atoms with Gasteiger partial charge in [0.15, 0.2) is 94.1 Å². The normalized spacial score (nSPS) is 11.1. The van der Waals surface area contributed by atoms with Crippen molar-refractivity contribution in [1.82, 2.24) is 0 Å². The Kier molecular flexibility index (Phi) is 25.0. The number of aromatic nitrogens is 6. The molecule has 696 valence electrons. The zero-order chi connectivity index (χ0) is 101. The van der Waals surface area contributed by atoms with E-state index < -0.39 is 34.9 Å². The third-order valence-corrected chi connectivity index (χ3v) is 26.1. The zero-order valence-electron chi connectivity index (χ0n) is 79.8. The molecule has 0 aliphatic carbocycles. The minimum atomic E-state index is -0.597. The molecular formula is C120H84F6N12O6+6. The summed E-state index contributed by atoms with van der Waals surface area (Å²) < 4.78 is 132. The fourth-order valence-electron chi connectivity index (χ4n) is 19.2. The number of para-hydroxylation sites is 1. The lowest BCUT2D eigenvalue weighted by Gasteiger charge is -2.07. The molecule has 0 aliphatic heterocycles. The molecule has 0 spiro atoms. The van der Waals surface area contributed by atoms with Gasteiger partial charge in [-0.1, -0.05) is 72.8 Å². The van der Waals surface area contributed by atoms with E-state index in [9.17, 15) is 36.9 Å². The van der Waals surface area contributed by atoms with Crippen molar-refractivity contribution in [2.45, 2.75) is 41.5 Å². The molecule has 0 radical (unpaired) electrons. The molecule has 12 heterocycles. The molecule has 24 rings (SSSR count). The van der Waals surface area contributed by atoms with Gasteiger partial charge in [-0.3, -0.25) is 0 Å². The van der Waals surface area contributed by atoms with E-state index in [1.165, 1.54) is 42.5 Å². The van der Waals surface area contributed by atoms with Crippen LogP contribution in [-0.2, 0) is 42.3 Å². The summed E-state index contributed by atoms with van der Waals surface area (Å²) >= 11 is 0. The smallest absolute Gasteiger partial charge is 0.264 e. The molecule has 12 aromatic carbocycles. The van der Waals surface area contributed by atoms with Crippen LogP contribution in [0.25, 0.3) is 219 Å². The van der Waals surface area contributed by atoms with E-state index >= 15 is 0 Å². The van der Waals surface area contributed by atoms with E-state index in [4.69, 9.17) is 52.8 Å². The van der Waals surface area contributed by atoms with Crippen LogP contribution in [0, 0.1) is 125 Å². The first-order valence-corrected chi connectivity index (χ1v) is 45.5. The lowest BCUT2D eigenvalue weighted by atomic mass is 9.95. The average Bonchev–Trinajstić information content (AvgIpc) is 1.59. The quantitative estimate of drug-likeness (QED) is 0.0901. The van der Waals surface area contributed by atoms with Crippen molar-refractivity contribution in [3.05, 3.63) is 417 Å². The van der Waals surface area contributed by atoms with Gasteiger partial charge in [0.05, 0.1) is 76.9 Å². The average molecular weight is 1900 g/mol. The van der Waals surface area contributed by atoms with Crippen LogP contribution in [-0.4, -0.2) is 0 Å². The summed E-state index contributed by atoms with van der Waals surface area (Å²) in [5.41, 5.74) is 24.3. The highest BCUT2D eigenvalue weighted by molar-refractivity contribution is 6.19. The molecular weight excluding hydrogens is 1820 g/mol. The molecule has 0 fully saturated rings. The first-order chi connectivity index (χ1) is 69.6. The third-order valence-electron chi connectivity index (χ3n) is 26.1. The minimum absolute atomic E-state index is 0.0117. The Balaban J connectivity index is 0.000000109. The Morgan fingerprint density at radius 2 is 0.646 bits per heavy atom. The Morgan fingerprint density at radius 3 is 1.15 bits per heavy atom. The second kappa shape index (κ2) is 38.3. The van der Waals surface area contributed by atoms with Gasteiger partial charge in [0.2, 0.25) is 45.5 Å². The number of fused-ring (bicyclic) bond motifs is 18. The van der Waals surface area contributed by atoms with Gasteiger partial charge >= 0.3 is 0 Å². The van der Waals surface area contributed by atoms with E-state index in [2.05, 4.69) is 31.5 Å². The number of aryl methyl sites for hydroxylation is 12. The highest BCUT2D eigenvalue weighted by Crippen LogP contribution is 2.48. The molecule has 0 saturated heterocycles. The number of furan rings is 6. The van der Waals surface area contributed by atoms with Crippen LogP contribution >= 0.6 is 0 Å². The number of nitriles is 2. The number of nitrogens with zero attached hydrogens (tertiary/aromatic N) is 12. The molecule has 12 aromatic heterocycles. The summed E-state index contributed by atoms with van der Waals surface area (Å²) in [6.45, 7) is 40.7. The highest BCUT2D eigenvalue weighted by atomic mass is 19.1. The monoisotopic (exact) mass is 1900 g/mol. The van der Waals surface area contributed by atoms with Crippen molar-refractivity contribution in [1.29, 1.82) is 10.5 Å². The van der Waals surface area contributed by atoms with Gasteiger partial charge in [-0.05, 0) is 178 Å². The van der Waals surface area contributed by atoms with Crippen LogP contribution in [0.2, 0.25) is 0 Å². The van der Waals surface area contributed by atoms with E-state index in [0.29, 0.717) is 77.3 Å². The van der Waals surface area contributed by atoms with E-state index in [1.54, 1.807) is 36.4 Å². The highest BCUT2D eigenvalue weighted by Gasteiger charge is 2.31. The Morgan fingerprint density at radius 1 is 0.250 bits per heavy atom. The summed E-state index contributed by atoms with van der Waals surface area (Å²) in [6, 6.07) is 80.9. The van der Waals surface area contributed by atoms with Crippen molar-refractivity contribution >= 4 is 154 Å². The predicted molar refractivity (Wildman–Crippen MR) is 545 cm³/mol. The lowest BCUT2D eigenvalue weighted by molar-refractivity contribution is -0.660. The number of pyridine rings is 6. The molecule has 24 aromatic rings. The summed E-state index contributed by atoms with van der Waals surface area (Å²) in [4.78, 5) is 13.1. The van der Waals surface area contributed by atoms with Crippen molar-refractivity contribution in [2.75, 3.05) is 0 Å². The van der Waals surface area contributed by atoms with Crippen LogP contribution < -0.4 is 27.4 Å². The molecule has 0 aliphatic rings. The maximum atomic E-state index is 14.5. The molecule has 0 amide bonds. The first-order valence-electron chi connectivity index (χ1n) is 45.5. The SMILES string of the molecule is Cc1cc(C#N)c2oc3c(F)cccc3c2c1-c1cccc[n+]1C.Cc1ccc2oc3c(F)ccc(C#N)c3c2c1-c1cccc[n+]1C.[C-]#[N+]c1c(F)ccc2c1oc1c(-c3cccc[n+]3C)c(C)ccc12.[C-]#[N+]c1cc(F)c2oc3ccc(C)c(-c4cccc[n+]4C)c3c2c1.[C-]#[N+]c1cc2c(cc1F)oc1c(-c3cccc[n+]3C)c(C)ccc12.[C-]#[N+]c1ccc2c(oc3ccc(C)c(-c4cccc[n+]4C)c32)c1F. The van der Waals surface area contributed by atoms with Crippen molar-refractivity contribution in [3.8, 4) is 79.7 Å². The standard InChI is InChI=1S/6C20H14FN2O/c1-12-7-10-16-18(17(12)15-6-4-5-11-23(15)3)13-8-9-14(22-2)19(21)20(13)24-16;1-12-7-8-13-14-9-10-15(21)18(22-2)20(14)24-19(13)17(12)16-6-4-5-11-23(16)3;1-12-7-8-17-19(18(12)16-6-4-5-9-23(16)3)14-10-13(22-2)11-15(21)20(14)24-17;1-12-7-8-13-14-10-16(22-2)15(21)11-18(14)24-20(13)19(12)17-6-4-5-9-23(17)3;1-12-10-13(11-22)19-18(14-6-5-7-15(21)20(14)24-19)17(12)16-8-3-4-9-23(16)2;1-12-6-9-16-19(17(12)15-5-3-4-10-23(15)2)18-13(11-22)7-8-14(21)20(18)24-16/h4*4-11H,1,3H3;2*3-10H,1-2H3/q6*+1. The lowest BCUT2D eigenvalue weighted by Crippen LogP contribution is -2.30. The number of hydrogen-bond donors (Lipinski definition) is 0. The molecule has 144 heavy (non-hydrogen) atoms. The topological polar surface area (TPSA) is 167 Å². The Bertz CT molecular complexity index is 9720. The number of halogens is 6. The van der Waals surface area contributed by atoms with Gasteiger partial charge in [0.1, 0.15) is 99.1 Å². The maximum absolute atomic E-state index is 14.5. The Hall–Kier alpha value is -19.1. The van der Waals surface area contributed by atoms with Crippen LogP contribution in [0.15, 0.2) is 318 Å². The maximum Gasteiger partial charge on any atom is 0.264 e. The van der Waals surface area contributed by atoms with Crippen LogP contribution in [0.3, 0.4) is 0 Å². The first kappa shape index (κ1) is 93.9. The number of hydrogen-bond acceptors (Lipinski definition) is 8. The van der Waals surface area contributed by atoms with Gasteiger partial charge in [-0.2, -0.15) is 10.5 Å². The van der Waals surface area contributed by atoms with Gasteiger partial charge in [0.25, 0.3) is 5.69 Å². The second-order valence-corrected chi connectivity index (χ2v) is 35.0. The van der Waals surface area contributed by atoms with E-state index in [-0.39, 0.29) is 45.1 Å². The van der Waals surface area contributed by atoms with Crippen molar-refractivity contribution in [3.63, 3.8) is 0 Å². The van der Waals surface area contributed by atoms with Gasteiger partial charge in [-0.25, -0.2) is 73.1 Å². The molecule has 0 unspecified atom stereocenters. The summed E-state index contributed by atoms with van der Waals surface area (Å²) in [7, 11) is 11.8. The zero-order valence-corrected chi connectivity index (χ0v) is 79.8. The molecule has 18 nitrogen and oxygen atoms in total. The third kappa shape index (κ3) is 16.5. The van der Waals surface area contributed by atoms with E-state index in [1.807, 2.05) is 324 Å². The molecule has 0 N–H and O–H groups in total. The van der Waals surface area contributed by atoms with E-state index in [0.717, 1.165) is 144 Å². The minimum Gasteiger partial charge on any atom is -0.466 e. The summed E-state index contributed by atoms with van der Waals surface area (Å²) in [5, 5.41) is 28.1. The fourth-order valence-corrected chi connectivity index (χ4v) is 19.2. The van der Waals surface area contributed by atoms with Crippen molar-refractivity contribution in [2.24, 2.45) is 42.3 Å².